The highest BCUT2D eigenvalue weighted by molar-refractivity contribution is 5.64. The summed E-state index contributed by atoms with van der Waals surface area (Å²) in [4.78, 5) is 4.10. The van der Waals surface area contributed by atoms with Crippen molar-refractivity contribution in [1.29, 1.82) is 0 Å². The van der Waals surface area contributed by atoms with Gasteiger partial charge in [-0.2, -0.15) is 0 Å². The molecule has 0 fully saturated rings. The van der Waals surface area contributed by atoms with E-state index in [1.807, 2.05) is 6.21 Å². The Morgan fingerprint density at radius 2 is 2.56 bits per heavy atom. The van der Waals surface area contributed by atoms with Gasteiger partial charge in [0.15, 0.2) is 0 Å². The molecular formula is C7H11NO. The Morgan fingerprint density at radius 3 is 3.11 bits per heavy atom. The van der Waals surface area contributed by atoms with E-state index >= 15 is 0 Å². The van der Waals surface area contributed by atoms with Crippen molar-refractivity contribution in [2.75, 3.05) is 6.61 Å². The van der Waals surface area contributed by atoms with Crippen molar-refractivity contribution in [2.45, 2.75) is 19.3 Å². The van der Waals surface area contributed by atoms with Crippen molar-refractivity contribution < 1.29 is 5.11 Å². The van der Waals surface area contributed by atoms with E-state index in [-0.39, 0.29) is 6.61 Å². The molecule has 1 heterocycles. The molecule has 0 radical (unpaired) electrons. The summed E-state index contributed by atoms with van der Waals surface area (Å²) < 4.78 is 0. The number of aliphatic hydroxyl groups is 1. The first-order valence-electron chi connectivity index (χ1n) is 3.26. The zero-order chi connectivity index (χ0) is 6.53. The molecular weight excluding hydrogens is 114 g/mol. The lowest BCUT2D eigenvalue weighted by atomic mass is 10.2. The van der Waals surface area contributed by atoms with E-state index in [2.05, 4.69) is 11.1 Å². The molecule has 2 heteroatoms. The van der Waals surface area contributed by atoms with Crippen LogP contribution in [0.15, 0.2) is 16.8 Å². The molecule has 0 atom stereocenters. The summed E-state index contributed by atoms with van der Waals surface area (Å²) in [5.74, 6) is 0. The molecule has 0 saturated carbocycles. The monoisotopic (exact) mass is 125 g/mol. The zero-order valence-corrected chi connectivity index (χ0v) is 5.38. The van der Waals surface area contributed by atoms with Crippen LogP contribution in [0.4, 0.5) is 0 Å². The number of aliphatic hydroxyl groups excluding tert-OH is 1. The van der Waals surface area contributed by atoms with E-state index in [1.165, 1.54) is 0 Å². The Morgan fingerprint density at radius 1 is 1.67 bits per heavy atom. The van der Waals surface area contributed by atoms with Gasteiger partial charge < -0.3 is 5.11 Å². The molecule has 0 aromatic carbocycles. The molecule has 0 spiro atoms. The number of nitrogens with zero attached hydrogens (tertiary/aromatic N) is 1. The van der Waals surface area contributed by atoms with E-state index in [0.717, 1.165) is 25.0 Å². The molecule has 0 unspecified atom stereocenters. The second-order valence-electron chi connectivity index (χ2n) is 2.07. The minimum atomic E-state index is 0.271. The third-order valence-corrected chi connectivity index (χ3v) is 1.31. The highest BCUT2D eigenvalue weighted by Gasteiger charge is 1.96. The van der Waals surface area contributed by atoms with Gasteiger partial charge in [-0.3, -0.25) is 4.99 Å². The maximum absolute atomic E-state index is 8.45. The molecule has 2 nitrogen and oxygen atoms in total. The van der Waals surface area contributed by atoms with Gasteiger partial charge in [0.1, 0.15) is 0 Å². The highest BCUT2D eigenvalue weighted by Crippen LogP contribution is 2.10. The maximum Gasteiger partial charge on any atom is 0.0434 e. The van der Waals surface area contributed by atoms with E-state index < -0.39 is 0 Å². The average molecular weight is 125 g/mol. The number of hydrogen-bond donors (Lipinski definition) is 1. The fraction of sp³-hybridized carbons (Fsp3) is 0.571. The zero-order valence-electron chi connectivity index (χ0n) is 5.38. The molecule has 1 rings (SSSR count). The van der Waals surface area contributed by atoms with E-state index in [9.17, 15) is 0 Å². The van der Waals surface area contributed by atoms with Gasteiger partial charge in [-0.05, 0) is 12.8 Å². The first-order chi connectivity index (χ1) is 4.43. The van der Waals surface area contributed by atoms with Crippen molar-refractivity contribution in [3.05, 3.63) is 11.8 Å². The maximum atomic E-state index is 8.45. The minimum absolute atomic E-state index is 0.271. The van der Waals surface area contributed by atoms with Gasteiger partial charge in [-0.1, -0.05) is 6.08 Å². The molecule has 50 valence electrons. The summed E-state index contributed by atoms with van der Waals surface area (Å²) in [6, 6.07) is 0. The molecule has 0 aromatic rings. The Hall–Kier alpha value is -0.630. The predicted octanol–water partition coefficient (Wildman–Crippen LogP) is 1.12. The van der Waals surface area contributed by atoms with Gasteiger partial charge in [0.05, 0.1) is 0 Å². The first-order valence-corrected chi connectivity index (χ1v) is 3.26. The van der Waals surface area contributed by atoms with Crippen molar-refractivity contribution in [3.63, 3.8) is 0 Å². The number of rotatable bonds is 3. The van der Waals surface area contributed by atoms with Gasteiger partial charge in [0.2, 0.25) is 0 Å². The fourth-order valence-electron chi connectivity index (χ4n) is 0.838. The Bertz CT molecular complexity index is 138. The summed E-state index contributed by atoms with van der Waals surface area (Å²) in [5, 5.41) is 8.45. The molecule has 1 aliphatic rings. The van der Waals surface area contributed by atoms with Gasteiger partial charge in [0.25, 0.3) is 0 Å². The van der Waals surface area contributed by atoms with Crippen LogP contribution < -0.4 is 0 Å². The molecule has 9 heavy (non-hydrogen) atoms. The lowest BCUT2D eigenvalue weighted by Gasteiger charge is -1.92. The summed E-state index contributed by atoms with van der Waals surface area (Å²) in [6.07, 6.45) is 6.72. The van der Waals surface area contributed by atoms with Crippen LogP contribution >= 0.6 is 0 Å². The van der Waals surface area contributed by atoms with Crippen LogP contribution in [0.5, 0.6) is 0 Å². The molecule has 0 aromatic heterocycles. The normalized spacial score (nSPS) is 16.3. The topological polar surface area (TPSA) is 32.6 Å². The molecule has 0 saturated heterocycles. The molecule has 1 aliphatic heterocycles. The SMILES string of the molecule is OCCCC1=CCC=N1. The van der Waals surface area contributed by atoms with Crippen LogP contribution in [0.2, 0.25) is 0 Å². The molecule has 1 N–H and O–H groups in total. The van der Waals surface area contributed by atoms with Crippen LogP contribution in [0, 0.1) is 0 Å². The van der Waals surface area contributed by atoms with Crippen LogP contribution in [0.3, 0.4) is 0 Å². The Balaban J connectivity index is 2.19. The van der Waals surface area contributed by atoms with Crippen molar-refractivity contribution in [2.24, 2.45) is 4.99 Å². The molecule has 0 amide bonds. The van der Waals surface area contributed by atoms with Gasteiger partial charge in [0, 0.05) is 24.9 Å². The Labute approximate surface area is 54.9 Å². The fourth-order valence-corrected chi connectivity index (χ4v) is 0.838. The quantitative estimate of drug-likeness (QED) is 0.602. The summed E-state index contributed by atoms with van der Waals surface area (Å²) in [7, 11) is 0. The summed E-state index contributed by atoms with van der Waals surface area (Å²) >= 11 is 0. The van der Waals surface area contributed by atoms with Gasteiger partial charge >= 0.3 is 0 Å². The van der Waals surface area contributed by atoms with E-state index in [1.54, 1.807) is 0 Å². The predicted molar refractivity (Wildman–Crippen MR) is 37.5 cm³/mol. The summed E-state index contributed by atoms with van der Waals surface area (Å²) in [6.45, 7) is 0.271. The standard InChI is InChI=1S/C7H11NO/c9-6-2-4-7-3-1-5-8-7/h3,5,9H,1-2,4,6H2. The molecule has 0 bridgehead atoms. The van der Waals surface area contributed by atoms with Crippen LogP contribution in [-0.4, -0.2) is 17.9 Å². The molecule has 0 aliphatic carbocycles. The van der Waals surface area contributed by atoms with E-state index in [0.29, 0.717) is 0 Å². The van der Waals surface area contributed by atoms with Gasteiger partial charge in [-0.15, -0.1) is 0 Å². The second kappa shape index (κ2) is 3.41. The highest BCUT2D eigenvalue weighted by atomic mass is 16.2. The van der Waals surface area contributed by atoms with Crippen LogP contribution in [-0.2, 0) is 0 Å². The van der Waals surface area contributed by atoms with Crippen molar-refractivity contribution in [3.8, 4) is 0 Å². The largest absolute Gasteiger partial charge is 0.396 e. The van der Waals surface area contributed by atoms with E-state index in [4.69, 9.17) is 5.11 Å². The van der Waals surface area contributed by atoms with Gasteiger partial charge in [-0.25, -0.2) is 0 Å². The number of aliphatic imine (C=N–C) groups is 1. The third kappa shape index (κ3) is 1.98. The second-order valence-corrected chi connectivity index (χ2v) is 2.07. The lowest BCUT2D eigenvalue weighted by Crippen LogP contribution is -1.82. The number of allylic oxidation sites excluding steroid dienone is 2. The van der Waals surface area contributed by atoms with Crippen molar-refractivity contribution >= 4 is 6.21 Å². The lowest BCUT2D eigenvalue weighted by molar-refractivity contribution is 0.288. The first kappa shape index (κ1) is 6.49. The van der Waals surface area contributed by atoms with Crippen LogP contribution in [0.1, 0.15) is 19.3 Å². The summed E-state index contributed by atoms with van der Waals surface area (Å²) in [5.41, 5.74) is 1.13. The third-order valence-electron chi connectivity index (χ3n) is 1.31. The average Bonchev–Trinajstić information content (AvgIpc) is 2.34. The van der Waals surface area contributed by atoms with Crippen LogP contribution in [0.25, 0.3) is 0 Å². The smallest absolute Gasteiger partial charge is 0.0434 e. The number of hydrogen-bond acceptors (Lipinski definition) is 2. The minimum Gasteiger partial charge on any atom is -0.396 e. The van der Waals surface area contributed by atoms with Crippen molar-refractivity contribution in [1.82, 2.24) is 0 Å². The Kier molecular flexibility index (Phi) is 2.46.